The SMILES string of the molecule is CCCCOC(=O)C1CCC(C(=O)OC(C)(C)C)CC1. The molecule has 1 fully saturated rings. The molecule has 4 heteroatoms. The summed E-state index contributed by atoms with van der Waals surface area (Å²) in [7, 11) is 0. The molecule has 0 aliphatic heterocycles. The van der Waals surface area contributed by atoms with E-state index in [1.165, 1.54) is 0 Å². The lowest BCUT2D eigenvalue weighted by Crippen LogP contribution is -2.32. The van der Waals surface area contributed by atoms with Gasteiger partial charge in [-0.3, -0.25) is 9.59 Å². The van der Waals surface area contributed by atoms with Crippen LogP contribution in [0.3, 0.4) is 0 Å². The minimum absolute atomic E-state index is 0.0365. The number of ether oxygens (including phenoxy) is 2. The zero-order valence-electron chi connectivity index (χ0n) is 13.2. The number of carbonyl (C=O) groups excluding carboxylic acids is 2. The first-order chi connectivity index (χ1) is 9.33. The Kier molecular flexibility index (Phi) is 6.50. The van der Waals surface area contributed by atoms with Crippen LogP contribution in [0.4, 0.5) is 0 Å². The Morgan fingerprint density at radius 2 is 1.50 bits per heavy atom. The fourth-order valence-electron chi connectivity index (χ4n) is 2.38. The van der Waals surface area contributed by atoms with Crippen LogP contribution in [-0.4, -0.2) is 24.1 Å². The predicted molar refractivity (Wildman–Crippen MR) is 77.2 cm³/mol. The van der Waals surface area contributed by atoms with Gasteiger partial charge in [0.1, 0.15) is 5.60 Å². The van der Waals surface area contributed by atoms with Gasteiger partial charge in [0.25, 0.3) is 0 Å². The van der Waals surface area contributed by atoms with Gasteiger partial charge in [0.15, 0.2) is 0 Å². The van der Waals surface area contributed by atoms with E-state index in [-0.39, 0.29) is 23.8 Å². The summed E-state index contributed by atoms with van der Waals surface area (Å²) >= 11 is 0. The van der Waals surface area contributed by atoms with Crippen LogP contribution in [0, 0.1) is 11.8 Å². The molecule has 0 aromatic rings. The van der Waals surface area contributed by atoms with Crippen molar-refractivity contribution >= 4 is 11.9 Å². The minimum Gasteiger partial charge on any atom is -0.465 e. The third-order valence-electron chi connectivity index (χ3n) is 3.54. The van der Waals surface area contributed by atoms with Crippen LogP contribution in [0.5, 0.6) is 0 Å². The standard InChI is InChI=1S/C16H28O4/c1-5-6-11-19-14(17)12-7-9-13(10-8-12)15(18)20-16(2,3)4/h12-13H,5-11H2,1-4H3. The second kappa shape index (κ2) is 7.65. The van der Waals surface area contributed by atoms with Gasteiger partial charge in [-0.05, 0) is 52.9 Å². The number of hydrogen-bond acceptors (Lipinski definition) is 4. The molecule has 1 rings (SSSR count). The van der Waals surface area contributed by atoms with Gasteiger partial charge in [-0.25, -0.2) is 0 Å². The molecule has 0 spiro atoms. The molecule has 0 heterocycles. The first-order valence-electron chi connectivity index (χ1n) is 7.73. The van der Waals surface area contributed by atoms with E-state index in [1.54, 1.807) is 0 Å². The van der Waals surface area contributed by atoms with Crippen LogP contribution >= 0.6 is 0 Å². The van der Waals surface area contributed by atoms with Crippen LogP contribution in [-0.2, 0) is 19.1 Å². The van der Waals surface area contributed by atoms with E-state index in [2.05, 4.69) is 6.92 Å². The van der Waals surface area contributed by atoms with E-state index >= 15 is 0 Å². The zero-order chi connectivity index (χ0) is 15.2. The lowest BCUT2D eigenvalue weighted by Gasteiger charge is -2.28. The van der Waals surface area contributed by atoms with Crippen molar-refractivity contribution < 1.29 is 19.1 Å². The van der Waals surface area contributed by atoms with E-state index in [4.69, 9.17) is 9.47 Å². The van der Waals surface area contributed by atoms with Crippen molar-refractivity contribution in [1.82, 2.24) is 0 Å². The average Bonchev–Trinajstić information content (AvgIpc) is 2.37. The van der Waals surface area contributed by atoms with Crippen LogP contribution in [0.25, 0.3) is 0 Å². The fraction of sp³-hybridized carbons (Fsp3) is 0.875. The molecule has 0 saturated heterocycles. The molecule has 0 aromatic carbocycles. The number of esters is 2. The molecule has 1 aliphatic carbocycles. The van der Waals surface area contributed by atoms with Crippen LogP contribution < -0.4 is 0 Å². The smallest absolute Gasteiger partial charge is 0.309 e. The molecule has 20 heavy (non-hydrogen) atoms. The van der Waals surface area contributed by atoms with Gasteiger partial charge in [-0.15, -0.1) is 0 Å². The summed E-state index contributed by atoms with van der Waals surface area (Å²) in [6.07, 6.45) is 4.85. The van der Waals surface area contributed by atoms with E-state index in [0.717, 1.165) is 38.5 Å². The Bertz CT molecular complexity index is 322. The largest absolute Gasteiger partial charge is 0.465 e. The predicted octanol–water partition coefficient (Wildman–Crippen LogP) is 3.48. The summed E-state index contributed by atoms with van der Waals surface area (Å²) in [6.45, 7) is 8.21. The summed E-state index contributed by atoms with van der Waals surface area (Å²) in [5, 5.41) is 0. The Labute approximate surface area is 122 Å². The number of hydrogen-bond donors (Lipinski definition) is 0. The van der Waals surface area contributed by atoms with Gasteiger partial charge < -0.3 is 9.47 Å². The summed E-state index contributed by atoms with van der Waals surface area (Å²) in [5.41, 5.74) is -0.437. The maximum absolute atomic E-state index is 12.0. The number of rotatable bonds is 5. The molecule has 1 saturated carbocycles. The molecular weight excluding hydrogens is 256 g/mol. The van der Waals surface area contributed by atoms with Gasteiger partial charge in [0, 0.05) is 0 Å². The van der Waals surface area contributed by atoms with E-state index in [1.807, 2.05) is 20.8 Å². The van der Waals surface area contributed by atoms with Crippen molar-refractivity contribution in [3.8, 4) is 0 Å². The highest BCUT2D eigenvalue weighted by molar-refractivity contribution is 5.75. The maximum Gasteiger partial charge on any atom is 0.309 e. The fourth-order valence-corrected chi connectivity index (χ4v) is 2.38. The first kappa shape index (κ1) is 17.0. The third-order valence-corrected chi connectivity index (χ3v) is 3.54. The lowest BCUT2D eigenvalue weighted by atomic mass is 9.82. The van der Waals surface area contributed by atoms with Gasteiger partial charge >= 0.3 is 11.9 Å². The average molecular weight is 284 g/mol. The Hall–Kier alpha value is -1.06. The highest BCUT2D eigenvalue weighted by Crippen LogP contribution is 2.31. The molecule has 0 aromatic heterocycles. The Morgan fingerprint density at radius 3 is 1.95 bits per heavy atom. The number of unbranched alkanes of at least 4 members (excludes halogenated alkanes) is 1. The van der Waals surface area contributed by atoms with Gasteiger partial charge in [-0.1, -0.05) is 13.3 Å². The quantitative estimate of drug-likeness (QED) is 0.573. The van der Waals surface area contributed by atoms with E-state index < -0.39 is 5.60 Å². The molecule has 0 N–H and O–H groups in total. The molecule has 0 unspecified atom stereocenters. The summed E-state index contributed by atoms with van der Waals surface area (Å²) in [6, 6.07) is 0. The van der Waals surface area contributed by atoms with Crippen LogP contribution in [0.2, 0.25) is 0 Å². The Morgan fingerprint density at radius 1 is 1.00 bits per heavy atom. The highest BCUT2D eigenvalue weighted by atomic mass is 16.6. The van der Waals surface area contributed by atoms with E-state index in [9.17, 15) is 9.59 Å². The van der Waals surface area contributed by atoms with Crippen molar-refractivity contribution in [3.05, 3.63) is 0 Å². The summed E-state index contributed by atoms with van der Waals surface area (Å²) < 4.78 is 10.6. The van der Waals surface area contributed by atoms with Crippen molar-refractivity contribution in [2.24, 2.45) is 11.8 Å². The normalized spacial score (nSPS) is 23.2. The topological polar surface area (TPSA) is 52.6 Å². The molecule has 1 aliphatic rings. The molecule has 0 bridgehead atoms. The zero-order valence-corrected chi connectivity index (χ0v) is 13.2. The van der Waals surface area contributed by atoms with Gasteiger partial charge in [-0.2, -0.15) is 0 Å². The highest BCUT2D eigenvalue weighted by Gasteiger charge is 2.33. The second-order valence-corrected chi connectivity index (χ2v) is 6.60. The van der Waals surface area contributed by atoms with Crippen molar-refractivity contribution in [1.29, 1.82) is 0 Å². The van der Waals surface area contributed by atoms with Crippen molar-refractivity contribution in [3.63, 3.8) is 0 Å². The second-order valence-electron chi connectivity index (χ2n) is 6.60. The van der Waals surface area contributed by atoms with Gasteiger partial charge in [0.05, 0.1) is 18.4 Å². The third kappa shape index (κ3) is 5.93. The Balaban J connectivity index is 2.32. The molecule has 4 nitrogen and oxygen atoms in total. The molecular formula is C16H28O4. The van der Waals surface area contributed by atoms with Crippen molar-refractivity contribution in [2.75, 3.05) is 6.61 Å². The summed E-state index contributed by atoms with van der Waals surface area (Å²) in [5.74, 6) is -0.323. The van der Waals surface area contributed by atoms with E-state index in [0.29, 0.717) is 6.61 Å². The monoisotopic (exact) mass is 284 g/mol. The van der Waals surface area contributed by atoms with Gasteiger partial charge in [0.2, 0.25) is 0 Å². The van der Waals surface area contributed by atoms with Crippen LogP contribution in [0.1, 0.15) is 66.2 Å². The molecule has 116 valence electrons. The minimum atomic E-state index is -0.437. The molecule has 0 amide bonds. The molecule has 0 atom stereocenters. The number of carbonyl (C=O) groups is 2. The molecule has 0 radical (unpaired) electrons. The maximum atomic E-state index is 12.0. The summed E-state index contributed by atoms with van der Waals surface area (Å²) in [4.78, 5) is 23.8. The van der Waals surface area contributed by atoms with Crippen molar-refractivity contribution in [2.45, 2.75) is 71.8 Å². The van der Waals surface area contributed by atoms with Crippen LogP contribution in [0.15, 0.2) is 0 Å². The first-order valence-corrected chi connectivity index (χ1v) is 7.73. The lowest BCUT2D eigenvalue weighted by molar-refractivity contribution is -0.163.